The molecule has 0 N–H and O–H groups in total. The molecular formula is C29H22O2. The molecule has 1 aliphatic rings. The van der Waals surface area contributed by atoms with E-state index in [1.54, 1.807) is 0 Å². The largest absolute Gasteiger partial charge is 0.456 e. The summed E-state index contributed by atoms with van der Waals surface area (Å²) in [5, 5.41) is 1.25. The Morgan fingerprint density at radius 2 is 1.26 bits per heavy atom. The molecule has 0 fully saturated rings. The second kappa shape index (κ2) is 6.42. The standard InChI is InChI=1S/C29H22O2/c1-29(2)23-12-6-3-9-19(23)27(20-10-4-7-13-24(20)29)18-15-16-22-26(17-18)31-25-14-8-5-11-21(25)28(22)30/h3-17,27H,1-2H3. The molecule has 0 saturated heterocycles. The fourth-order valence-electron chi connectivity index (χ4n) is 5.30. The second-order valence-electron chi connectivity index (χ2n) is 8.92. The van der Waals surface area contributed by atoms with Crippen LogP contribution in [0.4, 0.5) is 0 Å². The molecule has 5 aromatic rings. The normalized spacial score (nSPS) is 15.0. The molecule has 0 amide bonds. The number of hydrogen-bond donors (Lipinski definition) is 0. The molecule has 150 valence electrons. The smallest absolute Gasteiger partial charge is 0.200 e. The third-order valence-electron chi connectivity index (χ3n) is 6.83. The van der Waals surface area contributed by atoms with Crippen molar-refractivity contribution in [3.8, 4) is 0 Å². The number of para-hydroxylation sites is 1. The van der Waals surface area contributed by atoms with Crippen LogP contribution in [0.2, 0.25) is 0 Å². The summed E-state index contributed by atoms with van der Waals surface area (Å²) in [6.45, 7) is 4.60. The highest BCUT2D eigenvalue weighted by Crippen LogP contribution is 2.49. The fourth-order valence-corrected chi connectivity index (χ4v) is 5.30. The lowest BCUT2D eigenvalue weighted by Crippen LogP contribution is -2.29. The maximum atomic E-state index is 13.0. The molecule has 1 aliphatic carbocycles. The molecule has 0 bridgehead atoms. The monoisotopic (exact) mass is 402 g/mol. The highest BCUT2D eigenvalue weighted by atomic mass is 16.3. The zero-order valence-electron chi connectivity index (χ0n) is 17.6. The zero-order valence-corrected chi connectivity index (χ0v) is 17.6. The van der Waals surface area contributed by atoms with Crippen LogP contribution in [0.15, 0.2) is 100 Å². The summed E-state index contributed by atoms with van der Waals surface area (Å²) in [4.78, 5) is 13.0. The summed E-state index contributed by atoms with van der Waals surface area (Å²) in [7, 11) is 0. The van der Waals surface area contributed by atoms with Crippen LogP contribution in [0.3, 0.4) is 0 Å². The quantitative estimate of drug-likeness (QED) is 0.290. The summed E-state index contributed by atoms with van der Waals surface area (Å²) >= 11 is 0. The van der Waals surface area contributed by atoms with E-state index in [1.807, 2.05) is 30.3 Å². The van der Waals surface area contributed by atoms with Crippen LogP contribution in [0.1, 0.15) is 47.6 Å². The first-order chi connectivity index (χ1) is 15.1. The first kappa shape index (κ1) is 18.1. The van der Waals surface area contributed by atoms with Gasteiger partial charge in [0, 0.05) is 11.3 Å². The Morgan fingerprint density at radius 1 is 0.677 bits per heavy atom. The Labute approximate surface area is 180 Å². The Balaban J connectivity index is 1.65. The van der Waals surface area contributed by atoms with E-state index in [0.717, 1.165) is 5.56 Å². The molecule has 1 heterocycles. The van der Waals surface area contributed by atoms with Gasteiger partial charge in [0.15, 0.2) is 0 Å². The van der Waals surface area contributed by atoms with Crippen molar-refractivity contribution in [2.75, 3.05) is 0 Å². The van der Waals surface area contributed by atoms with Crippen LogP contribution >= 0.6 is 0 Å². The van der Waals surface area contributed by atoms with Crippen LogP contribution in [-0.2, 0) is 5.41 Å². The predicted molar refractivity (Wildman–Crippen MR) is 126 cm³/mol. The molecule has 0 aliphatic heterocycles. The molecule has 6 rings (SSSR count). The van der Waals surface area contributed by atoms with Crippen molar-refractivity contribution in [1.82, 2.24) is 0 Å². The lowest BCUT2D eigenvalue weighted by atomic mass is 9.64. The third kappa shape index (κ3) is 2.55. The van der Waals surface area contributed by atoms with Crippen LogP contribution < -0.4 is 5.43 Å². The topological polar surface area (TPSA) is 30.2 Å². The first-order valence-corrected chi connectivity index (χ1v) is 10.7. The van der Waals surface area contributed by atoms with Gasteiger partial charge in [-0.2, -0.15) is 0 Å². The Hall–Kier alpha value is -3.65. The predicted octanol–water partition coefficient (Wildman–Crippen LogP) is 6.77. The third-order valence-corrected chi connectivity index (χ3v) is 6.83. The van der Waals surface area contributed by atoms with E-state index >= 15 is 0 Å². The number of rotatable bonds is 1. The van der Waals surface area contributed by atoms with Gasteiger partial charge in [0.05, 0.1) is 10.8 Å². The minimum atomic E-state index is -0.0662. The SMILES string of the molecule is CC1(C)c2ccccc2C(c2ccc3c(=O)c4ccccc4oc3c2)c2ccccc21. The van der Waals surface area contributed by atoms with E-state index in [1.165, 1.54) is 22.3 Å². The van der Waals surface area contributed by atoms with Crippen molar-refractivity contribution in [1.29, 1.82) is 0 Å². The lowest BCUT2D eigenvalue weighted by molar-refractivity contribution is 0.597. The number of hydrogen-bond acceptors (Lipinski definition) is 2. The van der Waals surface area contributed by atoms with Crippen molar-refractivity contribution in [3.63, 3.8) is 0 Å². The minimum Gasteiger partial charge on any atom is -0.456 e. The van der Waals surface area contributed by atoms with E-state index in [2.05, 4.69) is 74.5 Å². The van der Waals surface area contributed by atoms with E-state index < -0.39 is 0 Å². The Bertz CT molecular complexity index is 1490. The molecule has 2 heteroatoms. The van der Waals surface area contributed by atoms with Gasteiger partial charge in [0.25, 0.3) is 0 Å². The zero-order chi connectivity index (χ0) is 21.2. The molecular weight excluding hydrogens is 380 g/mol. The lowest BCUT2D eigenvalue weighted by Gasteiger charge is -2.39. The van der Waals surface area contributed by atoms with Gasteiger partial charge in [-0.15, -0.1) is 0 Å². The van der Waals surface area contributed by atoms with Gasteiger partial charge in [0.1, 0.15) is 11.2 Å². The van der Waals surface area contributed by atoms with Crippen LogP contribution in [-0.4, -0.2) is 0 Å². The van der Waals surface area contributed by atoms with Crippen LogP contribution in [0.25, 0.3) is 21.9 Å². The second-order valence-corrected chi connectivity index (χ2v) is 8.92. The molecule has 0 atom stereocenters. The molecule has 2 nitrogen and oxygen atoms in total. The van der Waals surface area contributed by atoms with E-state index in [9.17, 15) is 4.79 Å². The van der Waals surface area contributed by atoms with Crippen LogP contribution in [0, 0.1) is 0 Å². The maximum absolute atomic E-state index is 13.0. The van der Waals surface area contributed by atoms with Crippen molar-refractivity contribution in [2.24, 2.45) is 0 Å². The molecule has 0 radical (unpaired) electrons. The average molecular weight is 402 g/mol. The van der Waals surface area contributed by atoms with Gasteiger partial charge >= 0.3 is 0 Å². The molecule has 0 saturated carbocycles. The molecule has 31 heavy (non-hydrogen) atoms. The Kier molecular flexibility index (Phi) is 3.76. The van der Waals surface area contributed by atoms with Gasteiger partial charge in [-0.05, 0) is 52.1 Å². The summed E-state index contributed by atoms with van der Waals surface area (Å²) < 4.78 is 6.18. The van der Waals surface area contributed by atoms with Crippen molar-refractivity contribution in [2.45, 2.75) is 25.2 Å². The fraction of sp³-hybridized carbons (Fsp3) is 0.138. The van der Waals surface area contributed by atoms with Crippen molar-refractivity contribution in [3.05, 3.63) is 129 Å². The van der Waals surface area contributed by atoms with Crippen molar-refractivity contribution >= 4 is 21.9 Å². The van der Waals surface area contributed by atoms with Gasteiger partial charge in [-0.25, -0.2) is 0 Å². The number of fused-ring (bicyclic) bond motifs is 4. The van der Waals surface area contributed by atoms with Gasteiger partial charge in [0.2, 0.25) is 5.43 Å². The van der Waals surface area contributed by atoms with Gasteiger partial charge < -0.3 is 4.42 Å². The van der Waals surface area contributed by atoms with Gasteiger partial charge in [-0.3, -0.25) is 4.79 Å². The highest BCUT2D eigenvalue weighted by molar-refractivity contribution is 5.90. The summed E-state index contributed by atoms with van der Waals surface area (Å²) in [5.74, 6) is 0.0987. The molecule has 1 aromatic heterocycles. The first-order valence-electron chi connectivity index (χ1n) is 10.7. The molecule has 4 aromatic carbocycles. The van der Waals surface area contributed by atoms with E-state index in [4.69, 9.17) is 4.42 Å². The number of benzene rings is 4. The minimum absolute atomic E-state index is 0.0222. The summed E-state index contributed by atoms with van der Waals surface area (Å²) in [6.07, 6.45) is 0. The molecule has 0 unspecified atom stereocenters. The van der Waals surface area contributed by atoms with Gasteiger partial charge in [-0.1, -0.05) is 80.6 Å². The summed E-state index contributed by atoms with van der Waals surface area (Å²) in [6, 6.07) is 31.0. The summed E-state index contributed by atoms with van der Waals surface area (Å²) in [5.41, 5.74) is 7.68. The highest BCUT2D eigenvalue weighted by Gasteiger charge is 2.37. The van der Waals surface area contributed by atoms with Crippen molar-refractivity contribution < 1.29 is 4.42 Å². The van der Waals surface area contributed by atoms with Crippen LogP contribution in [0.5, 0.6) is 0 Å². The Morgan fingerprint density at radius 3 is 1.97 bits per heavy atom. The molecule has 0 spiro atoms. The van der Waals surface area contributed by atoms with E-state index in [-0.39, 0.29) is 16.8 Å². The maximum Gasteiger partial charge on any atom is 0.200 e. The van der Waals surface area contributed by atoms with E-state index in [0.29, 0.717) is 21.9 Å². The average Bonchev–Trinajstić information content (AvgIpc) is 2.79.